The topological polar surface area (TPSA) is 92.2 Å². The molecule has 1 heterocycles. The summed E-state index contributed by atoms with van der Waals surface area (Å²) in [4.78, 5) is 11.8. The molecule has 0 unspecified atom stereocenters. The van der Waals surface area contributed by atoms with Crippen LogP contribution >= 0.6 is 12.4 Å². The van der Waals surface area contributed by atoms with E-state index in [2.05, 4.69) is 15.4 Å². The molecule has 144 valence electrons. The Morgan fingerprint density at radius 3 is 2.44 bits per heavy atom. The van der Waals surface area contributed by atoms with Gasteiger partial charge in [0.15, 0.2) is 0 Å². The van der Waals surface area contributed by atoms with Gasteiger partial charge in [0, 0.05) is 39.4 Å². The molecule has 0 atom stereocenters. The van der Waals surface area contributed by atoms with Crippen LogP contribution in [0.15, 0.2) is 17.2 Å². The summed E-state index contributed by atoms with van der Waals surface area (Å²) in [7, 11) is -0.440. The molecule has 1 aliphatic rings. The van der Waals surface area contributed by atoms with Gasteiger partial charge in [0.05, 0.1) is 0 Å². The van der Waals surface area contributed by atoms with Gasteiger partial charge in [-0.1, -0.05) is 25.7 Å². The van der Waals surface area contributed by atoms with Crippen LogP contribution in [0, 0.1) is 0 Å². The number of halogens is 1. The van der Waals surface area contributed by atoms with Crippen molar-refractivity contribution in [2.75, 3.05) is 20.1 Å². The first-order chi connectivity index (χ1) is 11.4. The molecule has 1 aromatic rings. The predicted octanol–water partition coefficient (Wildman–Crippen LogP) is 1.40. The van der Waals surface area contributed by atoms with Crippen molar-refractivity contribution >= 4 is 28.3 Å². The molecule has 2 rings (SSSR count). The van der Waals surface area contributed by atoms with E-state index in [4.69, 9.17) is 0 Å². The number of aryl methyl sites for hydroxylation is 1. The molecule has 3 N–H and O–H groups in total. The quantitative estimate of drug-likeness (QED) is 0.483. The number of hydrogen-bond donors (Lipinski definition) is 3. The van der Waals surface area contributed by atoms with Crippen molar-refractivity contribution in [2.45, 2.75) is 49.5 Å². The normalized spacial score (nSPS) is 16.1. The fourth-order valence-electron chi connectivity index (χ4n) is 3.06. The Hall–Kier alpha value is -1.09. The molecule has 1 amide bonds. The number of carbonyl (C=O) groups is 1. The summed E-state index contributed by atoms with van der Waals surface area (Å²) in [6.07, 6.45) is 8.87. The van der Waals surface area contributed by atoms with Crippen LogP contribution in [0.5, 0.6) is 0 Å². The molecule has 0 spiro atoms. The zero-order valence-corrected chi connectivity index (χ0v) is 16.5. The lowest BCUT2D eigenvalue weighted by Crippen LogP contribution is -2.36. The van der Waals surface area contributed by atoms with Gasteiger partial charge in [0.25, 0.3) is 5.91 Å². The molecule has 0 aromatic carbocycles. The van der Waals surface area contributed by atoms with Gasteiger partial charge in [0.1, 0.15) is 10.6 Å². The Morgan fingerprint density at radius 2 is 1.84 bits per heavy atom. The Balaban J connectivity index is 0.00000312. The summed E-state index contributed by atoms with van der Waals surface area (Å²) in [6, 6.07) is 1.88. The van der Waals surface area contributed by atoms with Gasteiger partial charge < -0.3 is 15.2 Å². The third-order valence-electron chi connectivity index (χ3n) is 4.46. The highest BCUT2D eigenvalue weighted by Crippen LogP contribution is 2.17. The highest BCUT2D eigenvalue weighted by atomic mass is 35.5. The Bertz CT molecular complexity index is 652. The van der Waals surface area contributed by atoms with Crippen LogP contribution in [0.25, 0.3) is 0 Å². The first kappa shape index (κ1) is 22.0. The maximum absolute atomic E-state index is 12.3. The van der Waals surface area contributed by atoms with Crippen LogP contribution in [0.2, 0.25) is 0 Å². The summed E-state index contributed by atoms with van der Waals surface area (Å²) in [5.41, 5.74) is 0.314. The smallest absolute Gasteiger partial charge is 0.267 e. The van der Waals surface area contributed by atoms with Crippen LogP contribution in [-0.4, -0.2) is 45.1 Å². The second-order valence-corrected chi connectivity index (χ2v) is 8.06. The minimum Gasteiger partial charge on any atom is -0.354 e. The third kappa shape index (κ3) is 6.29. The summed E-state index contributed by atoms with van der Waals surface area (Å²) in [5, 5.41) is 5.93. The van der Waals surface area contributed by atoms with Crippen molar-refractivity contribution < 1.29 is 13.2 Å². The number of aromatic nitrogens is 1. The number of nitrogens with zero attached hydrogens (tertiary/aromatic N) is 1. The molecule has 7 nitrogen and oxygen atoms in total. The number of sulfonamides is 1. The van der Waals surface area contributed by atoms with E-state index in [0.29, 0.717) is 24.8 Å². The summed E-state index contributed by atoms with van der Waals surface area (Å²) in [6.45, 7) is 0.946. The second kappa shape index (κ2) is 10.2. The molecule has 9 heteroatoms. The number of carbonyl (C=O) groups excluding carboxylic acids is 1. The van der Waals surface area contributed by atoms with E-state index < -0.39 is 10.0 Å². The van der Waals surface area contributed by atoms with E-state index >= 15 is 0 Å². The van der Waals surface area contributed by atoms with Crippen molar-refractivity contribution in [2.24, 2.45) is 7.05 Å². The number of amides is 1. The fourth-order valence-corrected chi connectivity index (χ4v) is 4.16. The van der Waals surface area contributed by atoms with Crippen molar-refractivity contribution in [3.8, 4) is 0 Å². The fraction of sp³-hybridized carbons (Fsp3) is 0.688. The predicted molar refractivity (Wildman–Crippen MR) is 101 cm³/mol. The van der Waals surface area contributed by atoms with Crippen LogP contribution in [0.3, 0.4) is 0 Å². The number of rotatable bonds is 7. The average Bonchev–Trinajstić information content (AvgIpc) is 2.78. The lowest BCUT2D eigenvalue weighted by atomic mass is 10.1. The molecule has 1 aliphatic carbocycles. The van der Waals surface area contributed by atoms with E-state index in [1.165, 1.54) is 62.4 Å². The number of nitrogens with one attached hydrogen (secondary N) is 3. The van der Waals surface area contributed by atoms with Crippen molar-refractivity contribution in [1.82, 2.24) is 19.9 Å². The Labute approximate surface area is 156 Å². The summed E-state index contributed by atoms with van der Waals surface area (Å²) < 4.78 is 28.8. The first-order valence-electron chi connectivity index (χ1n) is 8.55. The molecule has 0 saturated heterocycles. The van der Waals surface area contributed by atoms with Gasteiger partial charge in [0.2, 0.25) is 10.0 Å². The van der Waals surface area contributed by atoms with E-state index in [1.54, 1.807) is 7.05 Å². The van der Waals surface area contributed by atoms with Crippen LogP contribution in [0.1, 0.15) is 49.0 Å². The van der Waals surface area contributed by atoms with Crippen LogP contribution in [-0.2, 0) is 17.1 Å². The molecule has 1 saturated carbocycles. The SMILES string of the molecule is CNC(=O)c1cc(S(=O)(=O)NCCNC2CCCCCC2)cn1C.Cl. The van der Waals surface area contributed by atoms with Gasteiger partial charge in [-0.2, -0.15) is 0 Å². The van der Waals surface area contributed by atoms with Gasteiger partial charge in [-0.05, 0) is 18.9 Å². The van der Waals surface area contributed by atoms with Crippen LogP contribution < -0.4 is 15.4 Å². The van der Waals surface area contributed by atoms with Gasteiger partial charge in [-0.25, -0.2) is 13.1 Å². The number of hydrogen-bond acceptors (Lipinski definition) is 4. The largest absolute Gasteiger partial charge is 0.354 e. The third-order valence-corrected chi connectivity index (χ3v) is 5.88. The molecule has 0 aliphatic heterocycles. The van der Waals surface area contributed by atoms with Gasteiger partial charge >= 0.3 is 0 Å². The highest BCUT2D eigenvalue weighted by Gasteiger charge is 2.20. The van der Waals surface area contributed by atoms with Crippen molar-refractivity contribution in [3.05, 3.63) is 18.0 Å². The molecular formula is C16H29ClN4O3S. The monoisotopic (exact) mass is 392 g/mol. The zero-order chi connectivity index (χ0) is 17.6. The minimum absolute atomic E-state index is 0. The van der Waals surface area contributed by atoms with E-state index in [-0.39, 0.29) is 23.2 Å². The first-order valence-corrected chi connectivity index (χ1v) is 10.0. The lowest BCUT2D eigenvalue weighted by molar-refractivity contribution is 0.0955. The molecule has 1 fully saturated rings. The van der Waals surface area contributed by atoms with E-state index in [1.807, 2.05) is 0 Å². The molecule has 0 bridgehead atoms. The van der Waals surface area contributed by atoms with E-state index in [0.717, 1.165) is 0 Å². The standard InChI is InChI=1S/C16H28N4O3S.ClH/c1-17-16(21)15-11-14(12-20(15)2)24(22,23)19-10-9-18-13-7-5-3-4-6-8-13;/h11-13,18-19H,3-10H2,1-2H3,(H,17,21);1H. The molecule has 25 heavy (non-hydrogen) atoms. The summed E-state index contributed by atoms with van der Waals surface area (Å²) in [5.74, 6) is -0.311. The molecule has 1 aromatic heterocycles. The van der Waals surface area contributed by atoms with Crippen LogP contribution in [0.4, 0.5) is 0 Å². The molecular weight excluding hydrogens is 364 g/mol. The highest BCUT2D eigenvalue weighted by molar-refractivity contribution is 7.89. The average molecular weight is 393 g/mol. The maximum Gasteiger partial charge on any atom is 0.267 e. The Morgan fingerprint density at radius 1 is 1.20 bits per heavy atom. The summed E-state index contributed by atoms with van der Waals surface area (Å²) >= 11 is 0. The van der Waals surface area contributed by atoms with Gasteiger partial charge in [-0.15, -0.1) is 12.4 Å². The Kier molecular flexibility index (Phi) is 8.92. The molecule has 0 radical (unpaired) electrons. The minimum atomic E-state index is -3.60. The van der Waals surface area contributed by atoms with Crippen molar-refractivity contribution in [3.63, 3.8) is 0 Å². The van der Waals surface area contributed by atoms with E-state index in [9.17, 15) is 13.2 Å². The van der Waals surface area contributed by atoms with Crippen molar-refractivity contribution in [1.29, 1.82) is 0 Å². The maximum atomic E-state index is 12.3. The lowest BCUT2D eigenvalue weighted by Gasteiger charge is -2.16. The second-order valence-electron chi connectivity index (χ2n) is 6.29. The van der Waals surface area contributed by atoms with Gasteiger partial charge in [-0.3, -0.25) is 4.79 Å². The zero-order valence-electron chi connectivity index (χ0n) is 14.9.